The Hall–Kier alpha value is -0.790. The average Bonchev–Trinajstić information content (AvgIpc) is 2.00. The van der Waals surface area contributed by atoms with Gasteiger partial charge < -0.3 is 5.11 Å². The first-order valence-electron chi connectivity index (χ1n) is 4.58. The lowest BCUT2D eigenvalue weighted by molar-refractivity contribution is 0.178. The van der Waals surface area contributed by atoms with E-state index in [4.69, 9.17) is 11.6 Å². The zero-order valence-corrected chi connectivity index (χ0v) is 9.30. The second-order valence-electron chi connectivity index (χ2n) is 3.74. The molecule has 0 saturated heterocycles. The molecule has 0 radical (unpaired) electrons. The van der Waals surface area contributed by atoms with Gasteiger partial charge >= 0.3 is 0 Å². The van der Waals surface area contributed by atoms with Gasteiger partial charge in [-0.25, -0.2) is 0 Å². The molecule has 1 atom stereocenters. The van der Waals surface area contributed by atoms with Crippen LogP contribution in [0.2, 0.25) is 5.02 Å². The van der Waals surface area contributed by atoms with E-state index in [2.05, 4.69) is 6.58 Å². The largest absolute Gasteiger partial charge is 0.388 e. The Morgan fingerprint density at radius 2 is 2.14 bits per heavy atom. The van der Waals surface area contributed by atoms with Gasteiger partial charge in [-0.05, 0) is 43.5 Å². The van der Waals surface area contributed by atoms with Gasteiger partial charge in [-0.3, -0.25) is 0 Å². The number of aryl methyl sites for hydroxylation is 1. The highest BCUT2D eigenvalue weighted by Crippen LogP contribution is 2.24. The molecule has 0 amide bonds. The van der Waals surface area contributed by atoms with E-state index >= 15 is 0 Å². The molecule has 1 aromatic carbocycles. The van der Waals surface area contributed by atoms with Crippen molar-refractivity contribution in [3.63, 3.8) is 0 Å². The number of rotatable bonds is 3. The van der Waals surface area contributed by atoms with Crippen LogP contribution in [0.15, 0.2) is 30.4 Å². The Morgan fingerprint density at radius 1 is 1.50 bits per heavy atom. The first-order chi connectivity index (χ1) is 6.49. The summed E-state index contributed by atoms with van der Waals surface area (Å²) in [7, 11) is 0. The molecule has 1 N–H and O–H groups in total. The third-order valence-electron chi connectivity index (χ3n) is 1.99. The van der Waals surface area contributed by atoms with Crippen LogP contribution in [0.3, 0.4) is 0 Å². The topological polar surface area (TPSA) is 20.2 Å². The predicted octanol–water partition coefficient (Wildman–Crippen LogP) is 3.65. The molecule has 1 unspecified atom stereocenters. The predicted molar refractivity (Wildman–Crippen MR) is 60.6 cm³/mol. The fourth-order valence-corrected chi connectivity index (χ4v) is 1.70. The number of benzene rings is 1. The highest BCUT2D eigenvalue weighted by atomic mass is 35.5. The monoisotopic (exact) mass is 210 g/mol. The minimum Gasteiger partial charge on any atom is -0.388 e. The van der Waals surface area contributed by atoms with Gasteiger partial charge in [0.15, 0.2) is 0 Å². The molecule has 0 saturated carbocycles. The van der Waals surface area contributed by atoms with Crippen LogP contribution >= 0.6 is 11.6 Å². The van der Waals surface area contributed by atoms with E-state index in [1.807, 2.05) is 26.0 Å². The number of aliphatic hydroxyl groups is 1. The molecule has 0 heterocycles. The molecule has 1 nitrogen and oxygen atoms in total. The first-order valence-corrected chi connectivity index (χ1v) is 4.96. The van der Waals surface area contributed by atoms with Gasteiger partial charge in [0.2, 0.25) is 0 Å². The molecule has 0 fully saturated rings. The SMILES string of the molecule is C=C(C)CC(O)c1cc(C)cc(Cl)c1. The summed E-state index contributed by atoms with van der Waals surface area (Å²) in [6.07, 6.45) is 0.0877. The molecule has 76 valence electrons. The Kier molecular flexibility index (Phi) is 3.73. The van der Waals surface area contributed by atoms with Gasteiger partial charge in [-0.1, -0.05) is 23.2 Å². The minimum absolute atomic E-state index is 0.495. The molecule has 14 heavy (non-hydrogen) atoms. The highest BCUT2D eigenvalue weighted by Gasteiger charge is 2.08. The zero-order chi connectivity index (χ0) is 10.7. The summed E-state index contributed by atoms with van der Waals surface area (Å²) >= 11 is 5.90. The van der Waals surface area contributed by atoms with Crippen molar-refractivity contribution in [2.24, 2.45) is 0 Å². The van der Waals surface area contributed by atoms with Crippen molar-refractivity contribution < 1.29 is 5.11 Å². The Labute approximate surface area is 90.0 Å². The van der Waals surface area contributed by atoms with E-state index in [1.165, 1.54) is 0 Å². The lowest BCUT2D eigenvalue weighted by atomic mass is 10.0. The van der Waals surface area contributed by atoms with Crippen molar-refractivity contribution in [2.45, 2.75) is 26.4 Å². The van der Waals surface area contributed by atoms with Gasteiger partial charge in [0.1, 0.15) is 0 Å². The van der Waals surface area contributed by atoms with Crippen molar-refractivity contribution >= 4 is 11.6 Å². The van der Waals surface area contributed by atoms with Crippen molar-refractivity contribution in [1.82, 2.24) is 0 Å². The van der Waals surface area contributed by atoms with Crippen molar-refractivity contribution in [1.29, 1.82) is 0 Å². The lowest BCUT2D eigenvalue weighted by Gasteiger charge is -2.11. The average molecular weight is 211 g/mol. The quantitative estimate of drug-likeness (QED) is 0.756. The maximum Gasteiger partial charge on any atom is 0.0827 e. The van der Waals surface area contributed by atoms with Crippen molar-refractivity contribution in [3.05, 3.63) is 46.5 Å². The number of hydrogen-bond donors (Lipinski definition) is 1. The molecule has 0 aliphatic rings. The molecule has 1 aromatic rings. The number of aliphatic hydroxyl groups excluding tert-OH is 1. The van der Waals surface area contributed by atoms with Crippen LogP contribution in [0.1, 0.15) is 30.6 Å². The molecule has 1 rings (SSSR count). The molecule has 0 aliphatic heterocycles. The summed E-state index contributed by atoms with van der Waals surface area (Å²) in [5, 5.41) is 10.5. The van der Waals surface area contributed by atoms with Gasteiger partial charge in [0.25, 0.3) is 0 Å². The Balaban J connectivity index is 2.89. The van der Waals surface area contributed by atoms with E-state index < -0.39 is 6.10 Å². The van der Waals surface area contributed by atoms with Crippen LogP contribution < -0.4 is 0 Å². The summed E-state index contributed by atoms with van der Waals surface area (Å²) in [6, 6.07) is 5.61. The van der Waals surface area contributed by atoms with Crippen molar-refractivity contribution in [3.8, 4) is 0 Å². The second-order valence-corrected chi connectivity index (χ2v) is 4.18. The maximum absolute atomic E-state index is 9.82. The highest BCUT2D eigenvalue weighted by molar-refractivity contribution is 6.30. The van der Waals surface area contributed by atoms with Crippen LogP contribution in [-0.2, 0) is 0 Å². The van der Waals surface area contributed by atoms with Gasteiger partial charge in [-0.15, -0.1) is 6.58 Å². The molecular weight excluding hydrogens is 196 g/mol. The third kappa shape index (κ3) is 3.17. The summed E-state index contributed by atoms with van der Waals surface area (Å²) in [4.78, 5) is 0. The minimum atomic E-state index is -0.495. The van der Waals surface area contributed by atoms with E-state index in [0.717, 1.165) is 16.7 Å². The number of halogens is 1. The van der Waals surface area contributed by atoms with Crippen LogP contribution in [-0.4, -0.2) is 5.11 Å². The first kappa shape index (κ1) is 11.3. The normalized spacial score (nSPS) is 12.6. The smallest absolute Gasteiger partial charge is 0.0827 e. The van der Waals surface area contributed by atoms with Gasteiger partial charge in [0, 0.05) is 5.02 Å². The molecule has 0 spiro atoms. The van der Waals surface area contributed by atoms with Crippen LogP contribution in [0.25, 0.3) is 0 Å². The molecule has 0 bridgehead atoms. The lowest BCUT2D eigenvalue weighted by Crippen LogP contribution is -1.98. The van der Waals surface area contributed by atoms with E-state index in [-0.39, 0.29) is 0 Å². The van der Waals surface area contributed by atoms with Crippen molar-refractivity contribution in [2.75, 3.05) is 0 Å². The van der Waals surface area contributed by atoms with E-state index in [0.29, 0.717) is 11.4 Å². The summed E-state index contributed by atoms with van der Waals surface area (Å²) in [6.45, 7) is 7.64. The van der Waals surface area contributed by atoms with Gasteiger partial charge in [0.05, 0.1) is 6.10 Å². The van der Waals surface area contributed by atoms with E-state index in [1.54, 1.807) is 6.07 Å². The van der Waals surface area contributed by atoms with E-state index in [9.17, 15) is 5.11 Å². The number of hydrogen-bond acceptors (Lipinski definition) is 1. The van der Waals surface area contributed by atoms with Crippen LogP contribution in [0.5, 0.6) is 0 Å². The second kappa shape index (κ2) is 4.63. The summed E-state index contributed by atoms with van der Waals surface area (Å²) in [5.41, 5.74) is 2.89. The molecule has 0 aromatic heterocycles. The molecular formula is C12H15ClO. The fourth-order valence-electron chi connectivity index (χ4n) is 1.40. The van der Waals surface area contributed by atoms with Gasteiger partial charge in [-0.2, -0.15) is 0 Å². The Bertz CT molecular complexity index is 324. The van der Waals surface area contributed by atoms with Crippen LogP contribution in [0.4, 0.5) is 0 Å². The van der Waals surface area contributed by atoms with Crippen LogP contribution in [0, 0.1) is 6.92 Å². The molecule has 2 heteroatoms. The Morgan fingerprint density at radius 3 is 2.64 bits per heavy atom. The summed E-state index contributed by atoms with van der Waals surface area (Å²) < 4.78 is 0. The summed E-state index contributed by atoms with van der Waals surface area (Å²) in [5.74, 6) is 0. The maximum atomic E-state index is 9.82. The fraction of sp³-hybridized carbons (Fsp3) is 0.333. The third-order valence-corrected chi connectivity index (χ3v) is 2.21. The zero-order valence-electron chi connectivity index (χ0n) is 8.55. The standard InChI is InChI=1S/C12H15ClO/c1-8(2)4-12(14)10-5-9(3)6-11(13)7-10/h5-7,12,14H,1,4H2,2-3H3. The molecule has 0 aliphatic carbocycles.